The molecule has 2 heterocycles. The Bertz CT molecular complexity index is 924. The Balaban J connectivity index is 1.25. The van der Waals surface area contributed by atoms with Gasteiger partial charge in [0.15, 0.2) is 0 Å². The van der Waals surface area contributed by atoms with Crippen LogP contribution in [0.3, 0.4) is 0 Å². The molecule has 0 aliphatic carbocycles. The molecule has 1 aliphatic heterocycles. The molecular weight excluding hydrogens is 350 g/mol. The highest BCUT2D eigenvalue weighted by Crippen LogP contribution is 2.20. The largest absolute Gasteiger partial charge is 0.497 e. The third kappa shape index (κ3) is 4.20. The van der Waals surface area contributed by atoms with Crippen LogP contribution in [-0.2, 0) is 17.8 Å². The summed E-state index contributed by atoms with van der Waals surface area (Å²) in [7, 11) is 1.66. The number of para-hydroxylation sites is 1. The van der Waals surface area contributed by atoms with Crippen LogP contribution in [0.5, 0.6) is 5.75 Å². The summed E-state index contributed by atoms with van der Waals surface area (Å²) in [6, 6.07) is 16.4. The highest BCUT2D eigenvalue weighted by atomic mass is 16.5. The van der Waals surface area contributed by atoms with Gasteiger partial charge >= 0.3 is 0 Å². The summed E-state index contributed by atoms with van der Waals surface area (Å²) in [5.74, 6) is 1.10. The van der Waals surface area contributed by atoms with E-state index in [1.54, 1.807) is 7.11 Å². The van der Waals surface area contributed by atoms with Crippen LogP contribution in [0.15, 0.2) is 54.7 Å². The van der Waals surface area contributed by atoms with Gasteiger partial charge in [-0.2, -0.15) is 0 Å². The van der Waals surface area contributed by atoms with Gasteiger partial charge in [0.05, 0.1) is 7.11 Å². The quantitative estimate of drug-likeness (QED) is 0.716. The lowest BCUT2D eigenvalue weighted by atomic mass is 10.1. The van der Waals surface area contributed by atoms with Gasteiger partial charge in [-0.3, -0.25) is 9.69 Å². The number of hydrogen-bond donors (Lipinski definition) is 1. The van der Waals surface area contributed by atoms with Crippen molar-refractivity contribution < 1.29 is 9.53 Å². The van der Waals surface area contributed by atoms with E-state index in [-0.39, 0.29) is 5.91 Å². The maximum atomic E-state index is 12.6. The number of nitrogens with one attached hydrogen (secondary N) is 1. The second-order valence-electron chi connectivity index (χ2n) is 7.36. The van der Waals surface area contributed by atoms with Crippen LogP contribution >= 0.6 is 0 Å². The number of aromatic nitrogens is 1. The van der Waals surface area contributed by atoms with Crippen LogP contribution in [0.25, 0.3) is 10.9 Å². The SMILES string of the molecule is COc1ccc(CCC(=O)N2CCN(Cc3c[nH]c4ccccc34)CC2)cc1. The summed E-state index contributed by atoms with van der Waals surface area (Å²) < 4.78 is 5.18. The van der Waals surface area contributed by atoms with E-state index in [2.05, 4.69) is 40.3 Å². The molecule has 146 valence electrons. The first-order valence-electron chi connectivity index (χ1n) is 9.91. The van der Waals surface area contributed by atoms with Crippen molar-refractivity contribution in [1.82, 2.24) is 14.8 Å². The van der Waals surface area contributed by atoms with Crippen LogP contribution in [0.2, 0.25) is 0 Å². The Kier molecular flexibility index (Phi) is 5.63. The fraction of sp³-hybridized carbons (Fsp3) is 0.348. The highest BCUT2D eigenvalue weighted by molar-refractivity contribution is 5.83. The highest BCUT2D eigenvalue weighted by Gasteiger charge is 2.21. The van der Waals surface area contributed by atoms with E-state index in [1.807, 2.05) is 29.2 Å². The van der Waals surface area contributed by atoms with Crippen molar-refractivity contribution in [1.29, 1.82) is 0 Å². The lowest BCUT2D eigenvalue weighted by Crippen LogP contribution is -2.48. The van der Waals surface area contributed by atoms with Crippen LogP contribution in [0, 0.1) is 0 Å². The Morgan fingerprint density at radius 2 is 1.79 bits per heavy atom. The number of carbonyl (C=O) groups excluding carboxylic acids is 1. The summed E-state index contributed by atoms with van der Waals surface area (Å²) in [5, 5.41) is 1.29. The zero-order valence-corrected chi connectivity index (χ0v) is 16.4. The lowest BCUT2D eigenvalue weighted by Gasteiger charge is -2.34. The molecule has 0 spiro atoms. The molecule has 1 saturated heterocycles. The molecule has 1 fully saturated rings. The smallest absolute Gasteiger partial charge is 0.222 e. The van der Waals surface area contributed by atoms with Crippen molar-refractivity contribution >= 4 is 16.8 Å². The first-order valence-corrected chi connectivity index (χ1v) is 9.91. The van der Waals surface area contributed by atoms with Gasteiger partial charge in [-0.05, 0) is 35.7 Å². The van der Waals surface area contributed by atoms with Crippen molar-refractivity contribution in [2.75, 3.05) is 33.3 Å². The van der Waals surface area contributed by atoms with E-state index in [9.17, 15) is 4.79 Å². The lowest BCUT2D eigenvalue weighted by molar-refractivity contribution is -0.133. The van der Waals surface area contributed by atoms with E-state index >= 15 is 0 Å². The Morgan fingerprint density at radius 1 is 1.04 bits per heavy atom. The maximum Gasteiger partial charge on any atom is 0.222 e. The van der Waals surface area contributed by atoms with Crippen LogP contribution in [0.4, 0.5) is 0 Å². The second-order valence-corrected chi connectivity index (χ2v) is 7.36. The number of H-pyrrole nitrogens is 1. The molecule has 1 aromatic heterocycles. The molecule has 5 heteroatoms. The standard InChI is InChI=1S/C23H27N3O2/c1-28-20-9-6-18(7-10-20)8-11-23(27)26-14-12-25(13-15-26)17-19-16-24-22-5-3-2-4-21(19)22/h2-7,9-10,16,24H,8,11-15,17H2,1H3. The van der Waals surface area contributed by atoms with Gasteiger partial charge in [0.25, 0.3) is 0 Å². The number of methoxy groups -OCH3 is 1. The van der Waals surface area contributed by atoms with Crippen molar-refractivity contribution in [3.63, 3.8) is 0 Å². The van der Waals surface area contributed by atoms with E-state index in [1.165, 1.54) is 22.0 Å². The molecule has 1 aliphatic rings. The fourth-order valence-electron chi connectivity index (χ4n) is 3.86. The fourth-order valence-corrected chi connectivity index (χ4v) is 3.86. The molecule has 3 aromatic rings. The molecule has 0 radical (unpaired) electrons. The van der Waals surface area contributed by atoms with E-state index in [4.69, 9.17) is 4.74 Å². The average molecular weight is 377 g/mol. The number of rotatable bonds is 6. The topological polar surface area (TPSA) is 48.6 Å². The minimum Gasteiger partial charge on any atom is -0.497 e. The number of aryl methyl sites for hydroxylation is 1. The minimum absolute atomic E-state index is 0.252. The molecule has 0 bridgehead atoms. The van der Waals surface area contributed by atoms with Gasteiger partial charge in [0, 0.05) is 56.2 Å². The number of benzene rings is 2. The zero-order valence-electron chi connectivity index (χ0n) is 16.4. The molecular formula is C23H27N3O2. The number of aromatic amines is 1. The van der Waals surface area contributed by atoms with Gasteiger partial charge in [0.2, 0.25) is 5.91 Å². The van der Waals surface area contributed by atoms with Gasteiger partial charge in [-0.1, -0.05) is 30.3 Å². The van der Waals surface area contributed by atoms with Gasteiger partial charge in [-0.15, -0.1) is 0 Å². The molecule has 1 amide bonds. The monoisotopic (exact) mass is 377 g/mol. The second kappa shape index (κ2) is 8.48. The Labute approximate surface area is 165 Å². The van der Waals surface area contributed by atoms with Crippen molar-refractivity contribution in [3.05, 3.63) is 65.9 Å². The number of ether oxygens (including phenoxy) is 1. The Hall–Kier alpha value is -2.79. The third-order valence-electron chi connectivity index (χ3n) is 5.58. The molecule has 28 heavy (non-hydrogen) atoms. The average Bonchev–Trinajstić information content (AvgIpc) is 3.16. The molecule has 2 aromatic carbocycles. The predicted molar refractivity (Wildman–Crippen MR) is 111 cm³/mol. The molecule has 0 atom stereocenters. The number of fused-ring (bicyclic) bond motifs is 1. The number of amides is 1. The predicted octanol–water partition coefficient (Wildman–Crippen LogP) is 3.45. The summed E-state index contributed by atoms with van der Waals surface area (Å²) >= 11 is 0. The van der Waals surface area contributed by atoms with Crippen molar-refractivity contribution in [2.24, 2.45) is 0 Å². The van der Waals surface area contributed by atoms with Crippen molar-refractivity contribution in [2.45, 2.75) is 19.4 Å². The van der Waals surface area contributed by atoms with E-state index in [0.717, 1.165) is 44.9 Å². The van der Waals surface area contributed by atoms with Gasteiger partial charge < -0.3 is 14.6 Å². The summed E-state index contributed by atoms with van der Waals surface area (Å²) in [5.41, 5.74) is 3.69. The van der Waals surface area contributed by atoms with E-state index in [0.29, 0.717) is 6.42 Å². The summed E-state index contributed by atoms with van der Waals surface area (Å²) in [6.07, 6.45) is 3.45. The molecule has 0 saturated carbocycles. The number of piperazine rings is 1. The van der Waals surface area contributed by atoms with Crippen LogP contribution in [0.1, 0.15) is 17.5 Å². The summed E-state index contributed by atoms with van der Waals surface area (Å²) in [4.78, 5) is 20.4. The maximum absolute atomic E-state index is 12.6. The zero-order chi connectivity index (χ0) is 19.3. The molecule has 1 N–H and O–H groups in total. The normalized spacial score (nSPS) is 15.1. The molecule has 5 nitrogen and oxygen atoms in total. The number of hydrogen-bond acceptors (Lipinski definition) is 3. The minimum atomic E-state index is 0.252. The number of nitrogens with zero attached hydrogens (tertiary/aromatic N) is 2. The molecule has 4 rings (SSSR count). The summed E-state index contributed by atoms with van der Waals surface area (Å²) in [6.45, 7) is 4.40. The van der Waals surface area contributed by atoms with Gasteiger partial charge in [0.1, 0.15) is 5.75 Å². The van der Waals surface area contributed by atoms with Crippen LogP contribution < -0.4 is 4.74 Å². The van der Waals surface area contributed by atoms with Crippen LogP contribution in [-0.4, -0.2) is 54.0 Å². The Morgan fingerprint density at radius 3 is 2.54 bits per heavy atom. The van der Waals surface area contributed by atoms with Gasteiger partial charge in [-0.25, -0.2) is 0 Å². The van der Waals surface area contributed by atoms with Crippen molar-refractivity contribution in [3.8, 4) is 5.75 Å². The molecule has 0 unspecified atom stereocenters. The first kappa shape index (κ1) is 18.6. The third-order valence-corrected chi connectivity index (χ3v) is 5.58. The number of carbonyl (C=O) groups is 1. The van der Waals surface area contributed by atoms with E-state index < -0.39 is 0 Å². The first-order chi connectivity index (χ1) is 13.7.